The maximum Gasteiger partial charge on any atom is 0.276 e. The molecule has 7 heteroatoms. The average molecular weight is 302 g/mol. The van der Waals surface area contributed by atoms with Crippen molar-refractivity contribution in [3.63, 3.8) is 0 Å². The monoisotopic (exact) mass is 302 g/mol. The molecule has 2 N–H and O–H groups in total. The molecular formula is C14H11FN4OS. The zero-order valence-corrected chi connectivity index (χ0v) is 11.7. The summed E-state index contributed by atoms with van der Waals surface area (Å²) in [6.07, 6.45) is 4.80. The van der Waals surface area contributed by atoms with E-state index in [4.69, 9.17) is 18.0 Å². The Morgan fingerprint density at radius 2 is 2.14 bits per heavy atom. The van der Waals surface area contributed by atoms with Crippen LogP contribution >= 0.6 is 12.2 Å². The van der Waals surface area contributed by atoms with Crippen molar-refractivity contribution in [3.8, 4) is 0 Å². The van der Waals surface area contributed by atoms with Gasteiger partial charge in [0.05, 0.1) is 12.7 Å². The summed E-state index contributed by atoms with van der Waals surface area (Å²) in [6, 6.07) is 5.77. The van der Waals surface area contributed by atoms with E-state index in [1.54, 1.807) is 24.7 Å². The van der Waals surface area contributed by atoms with Gasteiger partial charge < -0.3 is 10.3 Å². The second-order valence-corrected chi connectivity index (χ2v) is 5.00. The molecule has 0 spiro atoms. The topological polar surface area (TPSA) is 65.3 Å². The van der Waals surface area contributed by atoms with Crippen LogP contribution in [-0.2, 0) is 6.54 Å². The predicted molar refractivity (Wildman–Crippen MR) is 80.8 cm³/mol. The third-order valence-corrected chi connectivity index (χ3v) is 3.43. The third kappa shape index (κ3) is 2.43. The quantitative estimate of drug-likeness (QED) is 0.741. The molecule has 3 aromatic rings. The molecule has 2 heterocycles. The highest BCUT2D eigenvalue weighted by Crippen LogP contribution is 2.13. The lowest BCUT2D eigenvalue weighted by atomic mass is 10.1. The van der Waals surface area contributed by atoms with E-state index in [2.05, 4.69) is 5.10 Å². The summed E-state index contributed by atoms with van der Waals surface area (Å²) in [4.78, 5) is 12.5. The zero-order chi connectivity index (χ0) is 15.0. The summed E-state index contributed by atoms with van der Waals surface area (Å²) >= 11 is 4.96. The minimum Gasteiger partial charge on any atom is -0.389 e. The Hall–Kier alpha value is -2.54. The number of halogens is 1. The second kappa shape index (κ2) is 5.10. The molecule has 3 rings (SSSR count). The van der Waals surface area contributed by atoms with E-state index >= 15 is 0 Å². The Morgan fingerprint density at radius 3 is 2.90 bits per heavy atom. The number of fused-ring (bicyclic) bond motifs is 1. The summed E-state index contributed by atoms with van der Waals surface area (Å²) in [5, 5.41) is 3.99. The fourth-order valence-electron chi connectivity index (χ4n) is 2.20. The van der Waals surface area contributed by atoms with E-state index in [9.17, 15) is 9.18 Å². The van der Waals surface area contributed by atoms with Crippen LogP contribution in [0.4, 0.5) is 4.39 Å². The fraction of sp³-hybridized carbons (Fsp3) is 0.0714. The van der Waals surface area contributed by atoms with E-state index in [1.807, 2.05) is 0 Å². The van der Waals surface area contributed by atoms with Crippen LogP contribution < -0.4 is 11.3 Å². The normalized spacial score (nSPS) is 10.9. The van der Waals surface area contributed by atoms with Crippen molar-refractivity contribution >= 4 is 22.7 Å². The molecule has 0 aliphatic rings. The molecule has 21 heavy (non-hydrogen) atoms. The first-order valence-electron chi connectivity index (χ1n) is 6.17. The summed E-state index contributed by atoms with van der Waals surface area (Å²) in [6.45, 7) is 0.185. The van der Waals surface area contributed by atoms with Gasteiger partial charge in [0.2, 0.25) is 0 Å². The lowest BCUT2D eigenvalue weighted by Crippen LogP contribution is -2.23. The van der Waals surface area contributed by atoms with Crippen molar-refractivity contribution in [3.05, 3.63) is 70.2 Å². The van der Waals surface area contributed by atoms with Gasteiger partial charge in [-0.15, -0.1) is 0 Å². The van der Waals surface area contributed by atoms with Gasteiger partial charge in [0.25, 0.3) is 5.56 Å². The smallest absolute Gasteiger partial charge is 0.276 e. The highest BCUT2D eigenvalue weighted by molar-refractivity contribution is 7.80. The van der Waals surface area contributed by atoms with Crippen LogP contribution in [-0.4, -0.2) is 19.2 Å². The molecule has 106 valence electrons. The Bertz CT molecular complexity index is 899. The summed E-state index contributed by atoms with van der Waals surface area (Å²) in [5.41, 5.74) is 7.00. The average Bonchev–Trinajstić information content (AvgIpc) is 2.91. The number of hydrogen-bond donors (Lipinski definition) is 1. The van der Waals surface area contributed by atoms with Crippen molar-refractivity contribution in [2.24, 2.45) is 5.73 Å². The van der Waals surface area contributed by atoms with Crippen LogP contribution in [0, 0.1) is 5.82 Å². The van der Waals surface area contributed by atoms with Crippen molar-refractivity contribution in [2.75, 3.05) is 0 Å². The summed E-state index contributed by atoms with van der Waals surface area (Å²) in [7, 11) is 0. The lowest BCUT2D eigenvalue weighted by Gasteiger charge is -2.11. The van der Waals surface area contributed by atoms with E-state index in [0.717, 1.165) is 0 Å². The van der Waals surface area contributed by atoms with E-state index < -0.39 is 5.82 Å². The number of thiocarbonyl (C=S) groups is 1. The van der Waals surface area contributed by atoms with Crippen LogP contribution in [0.25, 0.3) is 5.52 Å². The maximum absolute atomic E-state index is 13.4. The Kier molecular flexibility index (Phi) is 3.26. The number of nitrogens with two attached hydrogens (primary N) is 1. The van der Waals surface area contributed by atoms with Crippen LogP contribution in [0.5, 0.6) is 0 Å². The molecule has 1 aromatic carbocycles. The van der Waals surface area contributed by atoms with E-state index in [-0.39, 0.29) is 17.1 Å². The van der Waals surface area contributed by atoms with Crippen LogP contribution in [0.2, 0.25) is 0 Å². The molecule has 5 nitrogen and oxygen atoms in total. The van der Waals surface area contributed by atoms with Crippen molar-refractivity contribution < 1.29 is 4.39 Å². The highest BCUT2D eigenvalue weighted by atomic mass is 32.1. The Morgan fingerprint density at radius 1 is 1.33 bits per heavy atom. The number of rotatable bonds is 3. The molecule has 0 saturated heterocycles. The van der Waals surface area contributed by atoms with Gasteiger partial charge in [0.1, 0.15) is 16.3 Å². The SMILES string of the molecule is NC(=S)c1ccc(F)cc1Cn1ccn2nccc2c1=O. The van der Waals surface area contributed by atoms with Gasteiger partial charge in [-0.05, 0) is 29.8 Å². The molecule has 0 fully saturated rings. The summed E-state index contributed by atoms with van der Waals surface area (Å²) < 4.78 is 16.4. The minimum absolute atomic E-state index is 0.170. The van der Waals surface area contributed by atoms with E-state index in [1.165, 1.54) is 27.3 Å². The van der Waals surface area contributed by atoms with Crippen LogP contribution in [0.3, 0.4) is 0 Å². The van der Waals surface area contributed by atoms with Gasteiger partial charge in [-0.1, -0.05) is 12.2 Å². The third-order valence-electron chi connectivity index (χ3n) is 3.21. The first-order valence-corrected chi connectivity index (χ1v) is 6.58. The van der Waals surface area contributed by atoms with Gasteiger partial charge >= 0.3 is 0 Å². The molecule has 0 aliphatic carbocycles. The van der Waals surface area contributed by atoms with Crippen molar-refractivity contribution in [1.29, 1.82) is 0 Å². The molecule has 0 radical (unpaired) electrons. The Labute approximate surface area is 124 Å². The molecule has 0 bridgehead atoms. The first kappa shape index (κ1) is 13.4. The molecule has 0 amide bonds. The van der Waals surface area contributed by atoms with Gasteiger partial charge in [-0.3, -0.25) is 4.79 Å². The number of nitrogens with zero attached hydrogens (tertiary/aromatic N) is 3. The van der Waals surface area contributed by atoms with Gasteiger partial charge in [0, 0.05) is 18.0 Å². The molecular weight excluding hydrogens is 291 g/mol. The fourth-order valence-corrected chi connectivity index (χ4v) is 2.40. The number of benzene rings is 1. The standard InChI is InChI=1S/C14H11FN4OS/c15-10-1-2-11(13(16)21)9(7-10)8-18-5-6-19-12(14(18)20)3-4-17-19/h1-7H,8H2,(H2,16,21). The lowest BCUT2D eigenvalue weighted by molar-refractivity contribution is 0.622. The number of aromatic nitrogens is 3. The minimum atomic E-state index is -0.400. The van der Waals surface area contributed by atoms with Gasteiger partial charge in [0.15, 0.2) is 0 Å². The zero-order valence-electron chi connectivity index (χ0n) is 10.9. The Balaban J connectivity index is 2.10. The van der Waals surface area contributed by atoms with Crippen molar-refractivity contribution in [1.82, 2.24) is 14.2 Å². The molecule has 0 atom stereocenters. The first-order chi connectivity index (χ1) is 10.1. The maximum atomic E-state index is 13.4. The molecule has 0 aliphatic heterocycles. The van der Waals surface area contributed by atoms with Crippen LogP contribution in [0.15, 0.2) is 47.7 Å². The molecule has 2 aromatic heterocycles. The number of hydrogen-bond acceptors (Lipinski definition) is 3. The second-order valence-electron chi connectivity index (χ2n) is 4.56. The van der Waals surface area contributed by atoms with E-state index in [0.29, 0.717) is 16.6 Å². The summed E-state index contributed by atoms with van der Waals surface area (Å²) in [5.74, 6) is -0.400. The highest BCUT2D eigenvalue weighted by Gasteiger charge is 2.10. The van der Waals surface area contributed by atoms with Crippen LogP contribution in [0.1, 0.15) is 11.1 Å². The molecule has 0 saturated carbocycles. The predicted octanol–water partition coefficient (Wildman–Crippen LogP) is 1.32. The largest absolute Gasteiger partial charge is 0.389 e. The van der Waals surface area contributed by atoms with Gasteiger partial charge in [-0.2, -0.15) is 5.10 Å². The van der Waals surface area contributed by atoms with Gasteiger partial charge in [-0.25, -0.2) is 8.91 Å². The van der Waals surface area contributed by atoms with Crippen molar-refractivity contribution in [2.45, 2.75) is 6.54 Å². The molecule has 0 unspecified atom stereocenters.